The van der Waals surface area contributed by atoms with E-state index in [4.69, 9.17) is 0 Å². The van der Waals surface area contributed by atoms with E-state index in [1.807, 2.05) is 0 Å². The lowest BCUT2D eigenvalue weighted by Crippen LogP contribution is -2.20. The third-order valence-corrected chi connectivity index (χ3v) is 5.11. The lowest BCUT2D eigenvalue weighted by Gasteiger charge is -2.32. The zero-order valence-electron chi connectivity index (χ0n) is 10.3. The van der Waals surface area contributed by atoms with Crippen LogP contribution in [0.3, 0.4) is 0 Å². The summed E-state index contributed by atoms with van der Waals surface area (Å²) in [4.78, 5) is 0. The highest BCUT2D eigenvalue weighted by Crippen LogP contribution is 2.43. The number of rotatable bonds is 2. The standard InChI is InChI=1S/C16H24/c1-2-6-13(5-1)15-9-11-16(12-10-15)14-7-3-4-8-14/h1,5-6,14-16H,2-4,7-12H2. The highest BCUT2D eigenvalue weighted by molar-refractivity contribution is 5.28. The maximum atomic E-state index is 2.45. The summed E-state index contributed by atoms with van der Waals surface area (Å²) in [5, 5.41) is 0. The molecule has 0 heteroatoms. The van der Waals surface area contributed by atoms with Crippen molar-refractivity contribution in [1.29, 1.82) is 0 Å². The topological polar surface area (TPSA) is 0 Å². The Labute approximate surface area is 99.8 Å². The minimum absolute atomic E-state index is 0.913. The molecule has 0 atom stereocenters. The van der Waals surface area contributed by atoms with Gasteiger partial charge in [-0.25, -0.2) is 0 Å². The first kappa shape index (κ1) is 10.6. The fourth-order valence-corrected chi connectivity index (χ4v) is 4.13. The fraction of sp³-hybridized carbons (Fsp3) is 0.750. The van der Waals surface area contributed by atoms with Crippen molar-refractivity contribution in [2.45, 2.75) is 57.8 Å². The zero-order chi connectivity index (χ0) is 10.8. The predicted octanol–water partition coefficient (Wildman–Crippen LogP) is 4.87. The third kappa shape index (κ3) is 2.12. The molecule has 0 amide bonds. The second-order valence-corrected chi connectivity index (χ2v) is 6.00. The SMILES string of the molecule is C1=CC(C2CCC(C3CCCC3)CC2)=CC1. The van der Waals surface area contributed by atoms with Crippen molar-refractivity contribution in [1.82, 2.24) is 0 Å². The van der Waals surface area contributed by atoms with Crippen molar-refractivity contribution in [3.05, 3.63) is 23.8 Å². The molecule has 0 aromatic carbocycles. The quantitative estimate of drug-likeness (QED) is 0.618. The molecule has 16 heavy (non-hydrogen) atoms. The van der Waals surface area contributed by atoms with Crippen molar-refractivity contribution in [2.75, 3.05) is 0 Å². The molecule has 3 aliphatic carbocycles. The van der Waals surface area contributed by atoms with E-state index in [-0.39, 0.29) is 0 Å². The van der Waals surface area contributed by atoms with Crippen LogP contribution in [0.15, 0.2) is 23.8 Å². The molecule has 0 bridgehead atoms. The Kier molecular flexibility index (Phi) is 3.17. The maximum absolute atomic E-state index is 2.45. The summed E-state index contributed by atoms with van der Waals surface area (Å²) < 4.78 is 0. The van der Waals surface area contributed by atoms with Gasteiger partial charge in [-0.1, -0.05) is 43.9 Å². The molecule has 3 aliphatic rings. The molecule has 0 nitrogen and oxygen atoms in total. The summed E-state index contributed by atoms with van der Waals surface area (Å²) in [6.07, 6.45) is 20.4. The Bertz CT molecular complexity index is 283. The first-order valence-corrected chi connectivity index (χ1v) is 7.30. The van der Waals surface area contributed by atoms with E-state index in [2.05, 4.69) is 18.2 Å². The molecule has 0 spiro atoms. The summed E-state index contributed by atoms with van der Waals surface area (Å²) in [5.41, 5.74) is 1.66. The average Bonchev–Trinajstić information content (AvgIpc) is 3.03. The van der Waals surface area contributed by atoms with E-state index >= 15 is 0 Å². The largest absolute Gasteiger partial charge is 0.0805 e. The summed E-state index contributed by atoms with van der Waals surface area (Å²) >= 11 is 0. The smallest absolute Gasteiger partial charge is 0.0160 e. The van der Waals surface area contributed by atoms with Crippen LogP contribution in [0.4, 0.5) is 0 Å². The predicted molar refractivity (Wildman–Crippen MR) is 69.2 cm³/mol. The minimum atomic E-state index is 0.913. The monoisotopic (exact) mass is 216 g/mol. The summed E-state index contributed by atoms with van der Waals surface area (Å²) in [5.74, 6) is 3.11. The van der Waals surface area contributed by atoms with E-state index in [0.717, 1.165) is 17.8 Å². The van der Waals surface area contributed by atoms with Crippen LogP contribution in [0.25, 0.3) is 0 Å². The van der Waals surface area contributed by atoms with Gasteiger partial charge in [0, 0.05) is 0 Å². The molecule has 2 saturated carbocycles. The lowest BCUT2D eigenvalue weighted by atomic mass is 9.73. The van der Waals surface area contributed by atoms with Gasteiger partial charge in [0.2, 0.25) is 0 Å². The number of hydrogen-bond donors (Lipinski definition) is 0. The van der Waals surface area contributed by atoms with Crippen molar-refractivity contribution < 1.29 is 0 Å². The molecule has 0 heterocycles. The Morgan fingerprint density at radius 1 is 0.812 bits per heavy atom. The van der Waals surface area contributed by atoms with Crippen LogP contribution in [-0.2, 0) is 0 Å². The van der Waals surface area contributed by atoms with E-state index < -0.39 is 0 Å². The molecule has 0 saturated heterocycles. The van der Waals surface area contributed by atoms with Crippen molar-refractivity contribution in [2.24, 2.45) is 17.8 Å². The van der Waals surface area contributed by atoms with E-state index in [1.165, 1.54) is 57.8 Å². The second kappa shape index (κ2) is 4.77. The number of allylic oxidation sites excluding steroid dienone is 4. The molecule has 0 aromatic rings. The Balaban J connectivity index is 1.53. The van der Waals surface area contributed by atoms with Gasteiger partial charge in [-0.15, -0.1) is 0 Å². The van der Waals surface area contributed by atoms with Gasteiger partial charge in [0.15, 0.2) is 0 Å². The molecular formula is C16H24. The zero-order valence-corrected chi connectivity index (χ0v) is 10.3. The normalized spacial score (nSPS) is 35.6. The molecule has 0 aliphatic heterocycles. The van der Waals surface area contributed by atoms with Gasteiger partial charge in [-0.2, -0.15) is 0 Å². The van der Waals surface area contributed by atoms with Gasteiger partial charge in [-0.3, -0.25) is 0 Å². The molecule has 2 fully saturated rings. The van der Waals surface area contributed by atoms with E-state index in [0.29, 0.717) is 0 Å². The van der Waals surface area contributed by atoms with Crippen molar-refractivity contribution >= 4 is 0 Å². The van der Waals surface area contributed by atoms with Crippen LogP contribution in [-0.4, -0.2) is 0 Å². The maximum Gasteiger partial charge on any atom is -0.0160 e. The molecule has 88 valence electrons. The summed E-state index contributed by atoms with van der Waals surface area (Å²) in [7, 11) is 0. The van der Waals surface area contributed by atoms with Crippen LogP contribution in [0.5, 0.6) is 0 Å². The Morgan fingerprint density at radius 3 is 2.12 bits per heavy atom. The van der Waals surface area contributed by atoms with E-state index in [9.17, 15) is 0 Å². The molecule has 3 rings (SSSR count). The first-order chi connectivity index (χ1) is 7.93. The van der Waals surface area contributed by atoms with Gasteiger partial charge in [0.25, 0.3) is 0 Å². The Hall–Kier alpha value is -0.520. The molecule has 0 radical (unpaired) electrons. The van der Waals surface area contributed by atoms with Crippen LogP contribution in [0.2, 0.25) is 0 Å². The van der Waals surface area contributed by atoms with Crippen molar-refractivity contribution in [3.8, 4) is 0 Å². The Morgan fingerprint density at radius 2 is 1.50 bits per heavy atom. The van der Waals surface area contributed by atoms with Crippen LogP contribution < -0.4 is 0 Å². The van der Waals surface area contributed by atoms with Crippen molar-refractivity contribution in [3.63, 3.8) is 0 Å². The highest BCUT2D eigenvalue weighted by Gasteiger charge is 2.30. The molecular weight excluding hydrogens is 192 g/mol. The number of hydrogen-bond acceptors (Lipinski definition) is 0. The second-order valence-electron chi connectivity index (χ2n) is 6.00. The molecule has 0 aromatic heterocycles. The lowest BCUT2D eigenvalue weighted by molar-refractivity contribution is 0.223. The average molecular weight is 216 g/mol. The van der Waals surface area contributed by atoms with Gasteiger partial charge in [0.1, 0.15) is 0 Å². The fourth-order valence-electron chi connectivity index (χ4n) is 4.13. The van der Waals surface area contributed by atoms with Crippen LogP contribution >= 0.6 is 0 Å². The van der Waals surface area contributed by atoms with Gasteiger partial charge < -0.3 is 0 Å². The third-order valence-electron chi connectivity index (χ3n) is 5.11. The van der Waals surface area contributed by atoms with Gasteiger partial charge >= 0.3 is 0 Å². The first-order valence-electron chi connectivity index (χ1n) is 7.30. The van der Waals surface area contributed by atoms with Gasteiger partial charge in [-0.05, 0) is 55.4 Å². The minimum Gasteiger partial charge on any atom is -0.0805 e. The van der Waals surface area contributed by atoms with Crippen LogP contribution in [0.1, 0.15) is 57.8 Å². The van der Waals surface area contributed by atoms with Crippen LogP contribution in [0, 0.1) is 17.8 Å². The van der Waals surface area contributed by atoms with Gasteiger partial charge in [0.05, 0.1) is 0 Å². The van der Waals surface area contributed by atoms with E-state index in [1.54, 1.807) is 5.57 Å². The summed E-state index contributed by atoms with van der Waals surface area (Å²) in [6.45, 7) is 0. The highest BCUT2D eigenvalue weighted by atomic mass is 14.4. The summed E-state index contributed by atoms with van der Waals surface area (Å²) in [6, 6.07) is 0. The molecule has 0 N–H and O–H groups in total. The molecule has 0 unspecified atom stereocenters.